The van der Waals surface area contributed by atoms with E-state index in [1.807, 2.05) is 5.43 Å². The van der Waals surface area contributed by atoms with Crippen LogP contribution in [0.4, 0.5) is 18.9 Å². The first-order valence-corrected chi connectivity index (χ1v) is 7.59. The van der Waals surface area contributed by atoms with E-state index < -0.39 is 28.4 Å². The number of nitrogens with one attached hydrogen (secondary N) is 2. The third-order valence-electron chi connectivity index (χ3n) is 2.68. The van der Waals surface area contributed by atoms with E-state index in [2.05, 4.69) is 5.32 Å². The van der Waals surface area contributed by atoms with Crippen LogP contribution in [0, 0.1) is 0 Å². The second kappa shape index (κ2) is 7.41. The molecule has 4 N–H and O–H groups in total. The van der Waals surface area contributed by atoms with Crippen molar-refractivity contribution in [2.75, 3.05) is 23.5 Å². The summed E-state index contributed by atoms with van der Waals surface area (Å²) in [6, 6.07) is 3.04. The van der Waals surface area contributed by atoms with Gasteiger partial charge in [0.25, 0.3) is 5.91 Å². The number of carbonyl (C=O) groups excluding carboxylic acids is 1. The average molecular weight is 323 g/mol. The number of rotatable bonds is 6. The number of nitrogen functional groups attached to an aromatic ring is 1. The van der Waals surface area contributed by atoms with Crippen molar-refractivity contribution in [1.82, 2.24) is 5.32 Å². The predicted octanol–water partition coefficient (Wildman–Crippen LogP) is 1.49. The standard InChI is InChI=1S/C12H16F3N3O2S/c1-2-21(20)6-5-17-11(19)8-3-4-10(18-16)9(7-8)12(13,14)15/h3-4,7,18H,2,5-6,16H2,1H3,(H,17,19). The summed E-state index contributed by atoms with van der Waals surface area (Å²) in [6.45, 7) is 1.88. The van der Waals surface area contributed by atoms with E-state index in [9.17, 15) is 22.2 Å². The topological polar surface area (TPSA) is 84.2 Å². The van der Waals surface area contributed by atoms with Crippen LogP contribution < -0.4 is 16.6 Å². The van der Waals surface area contributed by atoms with Crippen molar-refractivity contribution in [2.24, 2.45) is 5.84 Å². The van der Waals surface area contributed by atoms with Gasteiger partial charge in [0.1, 0.15) is 0 Å². The molecule has 1 aromatic rings. The van der Waals surface area contributed by atoms with Crippen molar-refractivity contribution < 1.29 is 22.2 Å². The Morgan fingerprint density at radius 1 is 1.38 bits per heavy atom. The monoisotopic (exact) mass is 323 g/mol. The van der Waals surface area contributed by atoms with Crippen LogP contribution in [-0.4, -0.2) is 28.2 Å². The highest BCUT2D eigenvalue weighted by molar-refractivity contribution is 7.84. The molecule has 1 unspecified atom stereocenters. The van der Waals surface area contributed by atoms with Crippen LogP contribution in [0.2, 0.25) is 0 Å². The van der Waals surface area contributed by atoms with Crippen LogP contribution in [-0.2, 0) is 17.0 Å². The second-order valence-electron chi connectivity index (χ2n) is 4.09. The molecule has 5 nitrogen and oxygen atoms in total. The van der Waals surface area contributed by atoms with E-state index in [1.165, 1.54) is 6.07 Å². The molecule has 0 radical (unpaired) electrons. The Kier molecular flexibility index (Phi) is 6.16. The second-order valence-corrected chi connectivity index (χ2v) is 5.96. The molecule has 0 fully saturated rings. The first-order chi connectivity index (χ1) is 9.79. The molecular formula is C12H16F3N3O2S. The number of benzene rings is 1. The van der Waals surface area contributed by atoms with E-state index in [-0.39, 0.29) is 23.5 Å². The Morgan fingerprint density at radius 3 is 2.57 bits per heavy atom. The maximum absolute atomic E-state index is 12.8. The molecule has 1 amide bonds. The van der Waals surface area contributed by atoms with Crippen molar-refractivity contribution in [3.63, 3.8) is 0 Å². The van der Waals surface area contributed by atoms with Crippen molar-refractivity contribution >= 4 is 22.4 Å². The summed E-state index contributed by atoms with van der Waals surface area (Å²) < 4.78 is 49.6. The van der Waals surface area contributed by atoms with Gasteiger partial charge in [-0.3, -0.25) is 14.8 Å². The molecule has 118 valence electrons. The first-order valence-electron chi connectivity index (χ1n) is 6.10. The predicted molar refractivity (Wildman–Crippen MR) is 75.1 cm³/mol. The van der Waals surface area contributed by atoms with Crippen molar-refractivity contribution in [3.05, 3.63) is 29.3 Å². The van der Waals surface area contributed by atoms with E-state index in [0.717, 1.165) is 12.1 Å². The maximum Gasteiger partial charge on any atom is 0.418 e. The highest BCUT2D eigenvalue weighted by Gasteiger charge is 2.34. The average Bonchev–Trinajstić information content (AvgIpc) is 2.45. The summed E-state index contributed by atoms with van der Waals surface area (Å²) in [5.41, 5.74) is 0.474. The van der Waals surface area contributed by atoms with Crippen LogP contribution in [0.25, 0.3) is 0 Å². The number of halogens is 3. The third kappa shape index (κ3) is 5.01. The van der Waals surface area contributed by atoms with Crippen LogP contribution in [0.3, 0.4) is 0 Å². The van der Waals surface area contributed by atoms with Crippen LogP contribution in [0.15, 0.2) is 18.2 Å². The fourth-order valence-corrected chi connectivity index (χ4v) is 2.19. The van der Waals surface area contributed by atoms with Gasteiger partial charge < -0.3 is 10.7 Å². The van der Waals surface area contributed by atoms with Crippen LogP contribution >= 0.6 is 0 Å². The summed E-state index contributed by atoms with van der Waals surface area (Å²) in [4.78, 5) is 11.8. The molecule has 21 heavy (non-hydrogen) atoms. The molecule has 0 saturated carbocycles. The van der Waals surface area contributed by atoms with Gasteiger partial charge in [0.15, 0.2) is 0 Å². The number of hydrogen-bond acceptors (Lipinski definition) is 4. The molecule has 1 atom stereocenters. The molecule has 0 bridgehead atoms. The molecule has 0 aromatic heterocycles. The number of nitrogens with two attached hydrogens (primary N) is 1. The smallest absolute Gasteiger partial charge is 0.351 e. The molecule has 0 heterocycles. The molecule has 0 saturated heterocycles. The quantitative estimate of drug-likeness (QED) is 0.547. The van der Waals surface area contributed by atoms with E-state index in [4.69, 9.17) is 5.84 Å². The van der Waals surface area contributed by atoms with E-state index in [1.54, 1.807) is 6.92 Å². The van der Waals surface area contributed by atoms with E-state index in [0.29, 0.717) is 5.75 Å². The summed E-state index contributed by atoms with van der Waals surface area (Å²) in [6.07, 6.45) is -4.62. The summed E-state index contributed by atoms with van der Waals surface area (Å²) >= 11 is 0. The van der Waals surface area contributed by atoms with Gasteiger partial charge in [-0.2, -0.15) is 13.2 Å². The Bertz CT molecular complexity index is 535. The minimum absolute atomic E-state index is 0.136. The fraction of sp³-hybridized carbons (Fsp3) is 0.417. The molecule has 0 aliphatic heterocycles. The van der Waals surface area contributed by atoms with Crippen LogP contribution in [0.1, 0.15) is 22.8 Å². The fourth-order valence-electron chi connectivity index (χ4n) is 1.57. The lowest BCUT2D eigenvalue weighted by molar-refractivity contribution is -0.137. The zero-order valence-corrected chi connectivity index (χ0v) is 12.1. The number of amides is 1. The zero-order chi connectivity index (χ0) is 16.0. The molecule has 0 aliphatic rings. The van der Waals surface area contributed by atoms with Gasteiger partial charge in [0.05, 0.1) is 11.3 Å². The van der Waals surface area contributed by atoms with Gasteiger partial charge in [0.2, 0.25) is 0 Å². The minimum atomic E-state index is -4.62. The Morgan fingerprint density at radius 2 is 2.05 bits per heavy atom. The largest absolute Gasteiger partial charge is 0.418 e. The summed E-state index contributed by atoms with van der Waals surface area (Å²) in [5.74, 6) is 5.09. The lowest BCUT2D eigenvalue weighted by Gasteiger charge is -2.14. The maximum atomic E-state index is 12.8. The first kappa shape index (κ1) is 17.4. The zero-order valence-electron chi connectivity index (χ0n) is 11.3. The number of anilines is 1. The molecule has 0 spiro atoms. The van der Waals surface area contributed by atoms with Gasteiger partial charge in [0, 0.05) is 34.4 Å². The molecule has 1 aromatic carbocycles. The van der Waals surface area contributed by atoms with Gasteiger partial charge in [-0.15, -0.1) is 0 Å². The van der Waals surface area contributed by atoms with Gasteiger partial charge in [-0.05, 0) is 18.2 Å². The Hall–Kier alpha value is -1.61. The van der Waals surface area contributed by atoms with Gasteiger partial charge in [-0.1, -0.05) is 6.92 Å². The Labute approximate surface area is 122 Å². The van der Waals surface area contributed by atoms with Crippen LogP contribution in [0.5, 0.6) is 0 Å². The number of carbonyl (C=O) groups is 1. The highest BCUT2D eigenvalue weighted by atomic mass is 32.2. The van der Waals surface area contributed by atoms with E-state index >= 15 is 0 Å². The SMILES string of the molecule is CCS(=O)CCNC(=O)c1ccc(NN)c(C(F)(F)F)c1. The van der Waals surface area contributed by atoms with Crippen molar-refractivity contribution in [2.45, 2.75) is 13.1 Å². The number of hydrogen-bond donors (Lipinski definition) is 3. The van der Waals surface area contributed by atoms with Crippen molar-refractivity contribution in [3.8, 4) is 0 Å². The lowest BCUT2D eigenvalue weighted by atomic mass is 10.1. The van der Waals surface area contributed by atoms with Crippen molar-refractivity contribution in [1.29, 1.82) is 0 Å². The number of hydrazine groups is 1. The van der Waals surface area contributed by atoms with Gasteiger partial charge in [-0.25, -0.2) is 0 Å². The lowest BCUT2D eigenvalue weighted by Crippen LogP contribution is -2.28. The normalized spacial score (nSPS) is 12.8. The molecule has 1 rings (SSSR count). The third-order valence-corrected chi connectivity index (χ3v) is 3.98. The molecular weight excluding hydrogens is 307 g/mol. The highest BCUT2D eigenvalue weighted by Crippen LogP contribution is 2.35. The number of alkyl halides is 3. The minimum Gasteiger partial charge on any atom is -0.351 e. The summed E-state index contributed by atoms with van der Waals surface area (Å²) in [5, 5.41) is 2.43. The molecule has 0 aliphatic carbocycles. The van der Waals surface area contributed by atoms with Gasteiger partial charge >= 0.3 is 6.18 Å². The Balaban J connectivity index is 2.84. The molecule has 9 heteroatoms. The summed E-state index contributed by atoms with van der Waals surface area (Å²) in [7, 11) is -1.04.